The van der Waals surface area contributed by atoms with E-state index >= 15 is 0 Å². The van der Waals surface area contributed by atoms with Crippen molar-refractivity contribution in [3.05, 3.63) is 58.1 Å². The van der Waals surface area contributed by atoms with Crippen molar-refractivity contribution < 1.29 is 4.79 Å². The summed E-state index contributed by atoms with van der Waals surface area (Å²) < 4.78 is 0. The second-order valence-electron chi connectivity index (χ2n) is 4.18. The number of para-hydroxylation sites is 1. The van der Waals surface area contributed by atoms with E-state index in [4.69, 9.17) is 28.5 Å². The summed E-state index contributed by atoms with van der Waals surface area (Å²) in [6.45, 7) is 0.0154. The van der Waals surface area contributed by atoms with Gasteiger partial charge in [0, 0.05) is 5.02 Å². The van der Waals surface area contributed by atoms with Crippen molar-refractivity contribution in [1.82, 2.24) is 0 Å². The van der Waals surface area contributed by atoms with Crippen LogP contribution in [0.25, 0.3) is 0 Å². The maximum Gasteiger partial charge on any atom is 0.243 e. The van der Waals surface area contributed by atoms with Gasteiger partial charge in [0.15, 0.2) is 0 Å². The van der Waals surface area contributed by atoms with Gasteiger partial charge in [0.25, 0.3) is 0 Å². The van der Waals surface area contributed by atoms with Gasteiger partial charge in [-0.15, -0.1) is 0 Å². The maximum absolute atomic E-state index is 11.9. The van der Waals surface area contributed by atoms with E-state index in [1.807, 2.05) is 0 Å². The van der Waals surface area contributed by atoms with Crippen LogP contribution in [-0.4, -0.2) is 12.5 Å². The second-order valence-corrected chi connectivity index (χ2v) is 5.03. The molecule has 0 radical (unpaired) electrons. The summed E-state index contributed by atoms with van der Waals surface area (Å²) in [7, 11) is 0. The Labute approximate surface area is 132 Å². The van der Waals surface area contributed by atoms with Crippen molar-refractivity contribution in [3.63, 3.8) is 0 Å². The fourth-order valence-electron chi connectivity index (χ4n) is 1.70. The minimum absolute atomic E-state index is 0.0154. The molecule has 106 valence electrons. The van der Waals surface area contributed by atoms with E-state index < -0.39 is 0 Å². The van der Waals surface area contributed by atoms with Crippen molar-refractivity contribution in [1.29, 1.82) is 5.26 Å². The number of nitriles is 1. The van der Waals surface area contributed by atoms with Gasteiger partial charge in [-0.05, 0) is 30.3 Å². The number of hydrogen-bond donors (Lipinski definition) is 2. The fraction of sp³-hybridized carbons (Fsp3) is 0.0667. The Morgan fingerprint density at radius 2 is 1.90 bits per heavy atom. The third-order valence-electron chi connectivity index (χ3n) is 2.69. The van der Waals surface area contributed by atoms with Gasteiger partial charge in [0.05, 0.1) is 28.5 Å². The lowest BCUT2D eigenvalue weighted by molar-refractivity contribution is -0.114. The Morgan fingerprint density at radius 3 is 2.67 bits per heavy atom. The lowest BCUT2D eigenvalue weighted by Gasteiger charge is -2.10. The van der Waals surface area contributed by atoms with E-state index in [1.165, 1.54) is 0 Å². The molecule has 0 bridgehead atoms. The lowest BCUT2D eigenvalue weighted by Crippen LogP contribution is -2.22. The van der Waals surface area contributed by atoms with E-state index in [2.05, 4.69) is 16.7 Å². The molecule has 21 heavy (non-hydrogen) atoms. The number of nitrogens with zero attached hydrogens (tertiary/aromatic N) is 1. The Hall–Kier alpha value is -2.22. The molecular weight excluding hydrogens is 309 g/mol. The SMILES string of the molecule is N#Cc1ccccc1NCC(=O)Nc1cc(Cl)ccc1Cl. The van der Waals surface area contributed by atoms with Gasteiger partial charge in [-0.2, -0.15) is 5.26 Å². The molecule has 2 aromatic carbocycles. The van der Waals surface area contributed by atoms with Gasteiger partial charge >= 0.3 is 0 Å². The van der Waals surface area contributed by atoms with Crippen molar-refractivity contribution in [3.8, 4) is 6.07 Å². The van der Waals surface area contributed by atoms with Crippen LogP contribution in [0.5, 0.6) is 0 Å². The summed E-state index contributed by atoms with van der Waals surface area (Å²) >= 11 is 11.8. The third kappa shape index (κ3) is 4.12. The zero-order valence-corrected chi connectivity index (χ0v) is 12.4. The first-order valence-electron chi connectivity index (χ1n) is 6.08. The van der Waals surface area contributed by atoms with Gasteiger partial charge in [0.2, 0.25) is 5.91 Å². The van der Waals surface area contributed by atoms with Crippen LogP contribution in [0.3, 0.4) is 0 Å². The molecule has 2 N–H and O–H groups in total. The molecule has 4 nitrogen and oxygen atoms in total. The molecule has 0 heterocycles. The minimum Gasteiger partial charge on any atom is -0.375 e. The Bertz CT molecular complexity index is 710. The highest BCUT2D eigenvalue weighted by atomic mass is 35.5. The quantitative estimate of drug-likeness (QED) is 0.897. The summed E-state index contributed by atoms with van der Waals surface area (Å²) in [6.07, 6.45) is 0. The first-order chi connectivity index (χ1) is 10.1. The molecule has 0 saturated heterocycles. The van der Waals surface area contributed by atoms with E-state index in [1.54, 1.807) is 42.5 Å². The molecule has 0 aromatic heterocycles. The Morgan fingerprint density at radius 1 is 1.14 bits per heavy atom. The molecule has 0 aliphatic rings. The van der Waals surface area contributed by atoms with Crippen LogP contribution in [0.2, 0.25) is 10.0 Å². The zero-order valence-electron chi connectivity index (χ0n) is 10.9. The highest BCUT2D eigenvalue weighted by Crippen LogP contribution is 2.25. The number of carbonyl (C=O) groups excluding carboxylic acids is 1. The molecule has 2 rings (SSSR count). The van der Waals surface area contributed by atoms with Crippen LogP contribution >= 0.6 is 23.2 Å². The third-order valence-corrected chi connectivity index (χ3v) is 3.25. The summed E-state index contributed by atoms with van der Waals surface area (Å²) in [5.74, 6) is -0.285. The van der Waals surface area contributed by atoms with Crippen LogP contribution in [0.4, 0.5) is 11.4 Å². The number of nitrogens with one attached hydrogen (secondary N) is 2. The van der Waals surface area contributed by atoms with Gasteiger partial charge in [-0.3, -0.25) is 4.79 Å². The number of anilines is 2. The van der Waals surface area contributed by atoms with E-state index in [0.29, 0.717) is 27.0 Å². The normalized spacial score (nSPS) is 9.76. The van der Waals surface area contributed by atoms with Crippen molar-refractivity contribution in [2.75, 3.05) is 17.2 Å². The van der Waals surface area contributed by atoms with Crippen LogP contribution in [0.1, 0.15) is 5.56 Å². The molecule has 1 amide bonds. The fourth-order valence-corrected chi connectivity index (χ4v) is 2.03. The van der Waals surface area contributed by atoms with E-state index in [9.17, 15) is 4.79 Å². The highest BCUT2D eigenvalue weighted by Gasteiger charge is 2.07. The Kier molecular flexibility index (Phi) is 5.04. The van der Waals surface area contributed by atoms with E-state index in [-0.39, 0.29) is 12.5 Å². The topological polar surface area (TPSA) is 64.9 Å². The van der Waals surface area contributed by atoms with Gasteiger partial charge in [0.1, 0.15) is 6.07 Å². The minimum atomic E-state index is -0.285. The molecule has 0 fully saturated rings. The maximum atomic E-state index is 11.9. The smallest absolute Gasteiger partial charge is 0.243 e. The highest BCUT2D eigenvalue weighted by molar-refractivity contribution is 6.35. The van der Waals surface area contributed by atoms with Gasteiger partial charge in [-0.1, -0.05) is 35.3 Å². The second kappa shape index (κ2) is 6.98. The van der Waals surface area contributed by atoms with Crippen LogP contribution in [0.15, 0.2) is 42.5 Å². The lowest BCUT2D eigenvalue weighted by atomic mass is 10.2. The zero-order chi connectivity index (χ0) is 15.2. The van der Waals surface area contributed by atoms with Crippen molar-refractivity contribution in [2.24, 2.45) is 0 Å². The Balaban J connectivity index is 2.00. The molecular formula is C15H11Cl2N3O. The molecule has 0 saturated carbocycles. The molecule has 0 unspecified atom stereocenters. The molecule has 2 aromatic rings. The first kappa shape index (κ1) is 15.2. The van der Waals surface area contributed by atoms with Crippen molar-refractivity contribution in [2.45, 2.75) is 0 Å². The molecule has 0 aliphatic carbocycles. The van der Waals surface area contributed by atoms with Crippen LogP contribution in [-0.2, 0) is 4.79 Å². The number of carbonyl (C=O) groups is 1. The summed E-state index contributed by atoms with van der Waals surface area (Å²) in [5, 5.41) is 15.4. The standard InChI is InChI=1S/C15H11Cl2N3O/c16-11-5-6-12(17)14(7-11)20-15(21)9-19-13-4-2-1-3-10(13)8-18/h1-7,19H,9H2,(H,20,21). The number of rotatable bonds is 4. The molecule has 6 heteroatoms. The van der Waals surface area contributed by atoms with Crippen molar-refractivity contribution >= 4 is 40.5 Å². The predicted molar refractivity (Wildman–Crippen MR) is 84.7 cm³/mol. The average molecular weight is 320 g/mol. The number of amides is 1. The number of benzene rings is 2. The average Bonchev–Trinajstić information content (AvgIpc) is 2.49. The number of hydrogen-bond acceptors (Lipinski definition) is 3. The number of halogens is 2. The van der Waals surface area contributed by atoms with Gasteiger partial charge in [-0.25, -0.2) is 0 Å². The van der Waals surface area contributed by atoms with Crippen LogP contribution in [0, 0.1) is 11.3 Å². The molecule has 0 aliphatic heterocycles. The molecule has 0 atom stereocenters. The molecule has 0 spiro atoms. The summed E-state index contributed by atoms with van der Waals surface area (Å²) in [5.41, 5.74) is 1.53. The van der Waals surface area contributed by atoms with Gasteiger partial charge < -0.3 is 10.6 Å². The summed E-state index contributed by atoms with van der Waals surface area (Å²) in [6, 6.07) is 13.8. The van der Waals surface area contributed by atoms with Crippen LogP contribution < -0.4 is 10.6 Å². The predicted octanol–water partition coefficient (Wildman–Crippen LogP) is 3.92. The largest absolute Gasteiger partial charge is 0.375 e. The monoisotopic (exact) mass is 319 g/mol. The summed E-state index contributed by atoms with van der Waals surface area (Å²) in [4.78, 5) is 11.9. The first-order valence-corrected chi connectivity index (χ1v) is 6.83. The van der Waals surface area contributed by atoms with E-state index in [0.717, 1.165) is 0 Å².